The zero-order valence-electron chi connectivity index (χ0n) is 20.5. The first-order chi connectivity index (χ1) is 18.0. The molecule has 0 aromatic heterocycles. The predicted octanol–water partition coefficient (Wildman–Crippen LogP) is 4.57. The first-order valence-electron chi connectivity index (χ1n) is 12.3. The van der Waals surface area contributed by atoms with E-state index in [0.717, 1.165) is 50.1 Å². The molecule has 2 aliphatic heterocycles. The molecule has 37 heavy (non-hydrogen) atoms. The van der Waals surface area contributed by atoms with Gasteiger partial charge in [-0.2, -0.15) is 0 Å². The maximum Gasteiger partial charge on any atom is 0.414 e. The second-order valence-electron chi connectivity index (χ2n) is 9.01. The molecule has 7 nitrogen and oxygen atoms in total. The molecule has 1 unspecified atom stereocenters. The summed E-state index contributed by atoms with van der Waals surface area (Å²) in [6.45, 7) is 3.86. The number of amides is 1. The van der Waals surface area contributed by atoms with Crippen molar-refractivity contribution in [3.63, 3.8) is 0 Å². The van der Waals surface area contributed by atoms with Gasteiger partial charge in [0.15, 0.2) is 0 Å². The lowest BCUT2D eigenvalue weighted by molar-refractivity contribution is -0.159. The lowest BCUT2D eigenvalue weighted by Crippen LogP contribution is -2.34. The molecule has 0 aliphatic carbocycles. The van der Waals surface area contributed by atoms with E-state index < -0.39 is 11.9 Å². The van der Waals surface area contributed by atoms with Gasteiger partial charge in [0.2, 0.25) is 0 Å². The molecule has 190 valence electrons. The molecule has 0 saturated heterocycles. The van der Waals surface area contributed by atoms with Crippen LogP contribution in [0, 0.1) is 0 Å². The average molecular weight is 499 g/mol. The van der Waals surface area contributed by atoms with Gasteiger partial charge in [0, 0.05) is 31.7 Å². The van der Waals surface area contributed by atoms with E-state index >= 15 is 0 Å². The number of carboxylic acids is 2. The van der Waals surface area contributed by atoms with Crippen molar-refractivity contribution in [2.45, 2.75) is 18.9 Å². The highest BCUT2D eigenvalue weighted by Crippen LogP contribution is 2.38. The van der Waals surface area contributed by atoms with Crippen LogP contribution >= 0.6 is 0 Å². The van der Waals surface area contributed by atoms with Crippen LogP contribution in [0.4, 0.5) is 0 Å². The van der Waals surface area contributed by atoms with Crippen molar-refractivity contribution in [3.8, 4) is 0 Å². The van der Waals surface area contributed by atoms with E-state index in [4.69, 9.17) is 19.8 Å². The fourth-order valence-corrected chi connectivity index (χ4v) is 4.89. The summed E-state index contributed by atoms with van der Waals surface area (Å²) in [5.41, 5.74) is 5.96. The molecular weight excluding hydrogens is 468 g/mol. The molecule has 3 aromatic rings. The Hall–Kier alpha value is -4.23. The lowest BCUT2D eigenvalue weighted by atomic mass is 9.98. The number of hydrogen-bond donors (Lipinski definition) is 2. The van der Waals surface area contributed by atoms with E-state index in [1.54, 1.807) is 0 Å². The molecule has 1 amide bonds. The predicted molar refractivity (Wildman–Crippen MR) is 141 cm³/mol. The number of carboxylic acid groups (broad SMARTS) is 2. The van der Waals surface area contributed by atoms with E-state index in [2.05, 4.69) is 76.5 Å². The van der Waals surface area contributed by atoms with Gasteiger partial charge in [0.25, 0.3) is 5.91 Å². The third-order valence-electron chi connectivity index (χ3n) is 6.67. The zero-order valence-corrected chi connectivity index (χ0v) is 20.5. The summed E-state index contributed by atoms with van der Waals surface area (Å²) < 4.78 is 0. The summed E-state index contributed by atoms with van der Waals surface area (Å²) >= 11 is 0. The van der Waals surface area contributed by atoms with E-state index in [1.165, 1.54) is 16.7 Å². The van der Waals surface area contributed by atoms with E-state index in [-0.39, 0.29) is 11.9 Å². The van der Waals surface area contributed by atoms with Gasteiger partial charge in [0.05, 0.1) is 6.04 Å². The Morgan fingerprint density at radius 3 is 2.05 bits per heavy atom. The highest BCUT2D eigenvalue weighted by Gasteiger charge is 2.36. The van der Waals surface area contributed by atoms with Crippen LogP contribution in [0.2, 0.25) is 0 Å². The van der Waals surface area contributed by atoms with E-state index in [9.17, 15) is 4.79 Å². The highest BCUT2D eigenvalue weighted by atomic mass is 16.4. The number of benzene rings is 3. The Morgan fingerprint density at radius 2 is 1.43 bits per heavy atom. The zero-order chi connectivity index (χ0) is 26.2. The molecule has 2 heterocycles. The maximum atomic E-state index is 13.2. The number of hydrogen-bond acceptors (Lipinski definition) is 4. The van der Waals surface area contributed by atoms with Gasteiger partial charge >= 0.3 is 11.9 Å². The van der Waals surface area contributed by atoms with Crippen LogP contribution in [0.25, 0.3) is 5.57 Å². The molecule has 2 N–H and O–H groups in total. The second kappa shape index (κ2) is 12.1. The largest absolute Gasteiger partial charge is 0.473 e. The molecule has 0 radical (unpaired) electrons. The van der Waals surface area contributed by atoms with Gasteiger partial charge in [-0.05, 0) is 41.2 Å². The average Bonchev–Trinajstić information content (AvgIpc) is 3.22. The number of aliphatic carboxylic acids is 2. The first-order valence-corrected chi connectivity index (χ1v) is 12.3. The molecule has 5 rings (SSSR count). The number of fused-ring (bicyclic) bond motifs is 1. The summed E-state index contributed by atoms with van der Waals surface area (Å²) in [7, 11) is 0. The van der Waals surface area contributed by atoms with Gasteiger partial charge in [-0.1, -0.05) is 84.9 Å². The normalized spacial score (nSPS) is 16.9. The van der Waals surface area contributed by atoms with Crippen molar-refractivity contribution in [3.05, 3.63) is 113 Å². The van der Waals surface area contributed by atoms with Crippen molar-refractivity contribution < 1.29 is 24.6 Å². The van der Waals surface area contributed by atoms with Crippen molar-refractivity contribution >= 4 is 23.4 Å². The molecule has 7 heteroatoms. The molecule has 3 aromatic carbocycles. The topological polar surface area (TPSA) is 98.1 Å². The SMILES string of the molecule is O=C(O)C(=O)O.O=C1c2ccccc2C(c2ccccc2)N1CCCN1CC=C(c2ccccc2)CC1. The van der Waals surface area contributed by atoms with Crippen LogP contribution in [0.3, 0.4) is 0 Å². The standard InChI is InChI=1S/C28H28N2O.C2H2O4/c31-28-26-15-8-7-14-25(26)27(24-12-5-2-6-13-24)30(28)19-9-18-29-20-16-23(17-21-29)22-10-3-1-4-11-22;3-1(4)2(5)6/h1-8,10-16,27H,9,17-21H2;(H,3,4)(H,5,6). The summed E-state index contributed by atoms with van der Waals surface area (Å²) in [6, 6.07) is 29.2. The Bertz CT molecular complexity index is 1260. The Labute approximate surface area is 216 Å². The van der Waals surface area contributed by atoms with E-state index in [0.29, 0.717) is 0 Å². The third kappa shape index (κ3) is 6.32. The van der Waals surface area contributed by atoms with Crippen molar-refractivity contribution in [2.24, 2.45) is 0 Å². The van der Waals surface area contributed by atoms with Crippen LogP contribution in [-0.2, 0) is 9.59 Å². The first kappa shape index (κ1) is 25.9. The van der Waals surface area contributed by atoms with Crippen LogP contribution in [0.1, 0.15) is 45.9 Å². The van der Waals surface area contributed by atoms with Crippen LogP contribution in [0.5, 0.6) is 0 Å². The maximum absolute atomic E-state index is 13.2. The van der Waals surface area contributed by atoms with E-state index in [1.807, 2.05) is 24.3 Å². The summed E-state index contributed by atoms with van der Waals surface area (Å²) in [5.74, 6) is -3.49. The third-order valence-corrected chi connectivity index (χ3v) is 6.67. The van der Waals surface area contributed by atoms with Gasteiger partial charge in [-0.3, -0.25) is 9.69 Å². The molecule has 0 spiro atoms. The van der Waals surface area contributed by atoms with Crippen LogP contribution < -0.4 is 0 Å². The number of carbonyl (C=O) groups is 3. The van der Waals surface area contributed by atoms with Crippen LogP contribution in [-0.4, -0.2) is 64.0 Å². The minimum atomic E-state index is -1.82. The van der Waals surface area contributed by atoms with Crippen molar-refractivity contribution in [2.75, 3.05) is 26.2 Å². The molecule has 0 bridgehead atoms. The number of carbonyl (C=O) groups excluding carboxylic acids is 1. The number of nitrogens with zero attached hydrogens (tertiary/aromatic N) is 2. The smallest absolute Gasteiger partial charge is 0.414 e. The van der Waals surface area contributed by atoms with Gasteiger partial charge < -0.3 is 15.1 Å². The highest BCUT2D eigenvalue weighted by molar-refractivity contribution is 6.27. The summed E-state index contributed by atoms with van der Waals surface area (Å²) in [5, 5.41) is 14.8. The lowest BCUT2D eigenvalue weighted by Gasteiger charge is -2.29. The number of rotatable bonds is 6. The molecule has 2 aliphatic rings. The Morgan fingerprint density at radius 1 is 0.811 bits per heavy atom. The molecule has 0 saturated carbocycles. The monoisotopic (exact) mass is 498 g/mol. The Kier molecular flexibility index (Phi) is 8.48. The van der Waals surface area contributed by atoms with Gasteiger partial charge in [-0.25, -0.2) is 9.59 Å². The Balaban J connectivity index is 0.000000480. The fourth-order valence-electron chi connectivity index (χ4n) is 4.89. The molecule has 1 atom stereocenters. The fraction of sp³-hybridized carbons (Fsp3) is 0.233. The van der Waals surface area contributed by atoms with Crippen molar-refractivity contribution in [1.82, 2.24) is 9.80 Å². The quantitative estimate of drug-likeness (QED) is 0.484. The van der Waals surface area contributed by atoms with Crippen molar-refractivity contribution in [1.29, 1.82) is 0 Å². The molecular formula is C30H30N2O5. The molecule has 0 fully saturated rings. The minimum absolute atomic E-state index is 0.0239. The second-order valence-corrected chi connectivity index (χ2v) is 9.01. The van der Waals surface area contributed by atoms with Crippen LogP contribution in [0.15, 0.2) is 91.0 Å². The van der Waals surface area contributed by atoms with Gasteiger partial charge in [-0.15, -0.1) is 0 Å². The van der Waals surface area contributed by atoms with Gasteiger partial charge in [0.1, 0.15) is 0 Å². The summed E-state index contributed by atoms with van der Waals surface area (Å²) in [4.78, 5) is 35.9. The summed E-state index contributed by atoms with van der Waals surface area (Å²) in [6.07, 6.45) is 4.44. The minimum Gasteiger partial charge on any atom is -0.473 e.